The SMILES string of the molecule is CC1CCC(Cn2nnnc2COC(C)C)(C(=O)O)CC1. The third kappa shape index (κ3) is 3.78. The van der Waals surface area contributed by atoms with Gasteiger partial charge in [0.15, 0.2) is 5.82 Å². The van der Waals surface area contributed by atoms with Crippen molar-refractivity contribution in [3.05, 3.63) is 5.82 Å². The standard InChI is InChI=1S/C14H24N4O3/c1-10(2)21-8-12-15-16-17-18(12)9-14(13(19)20)6-4-11(3)5-7-14/h10-11H,4-9H2,1-3H3,(H,19,20). The number of carboxylic acids is 1. The molecule has 118 valence electrons. The van der Waals surface area contributed by atoms with Crippen LogP contribution in [-0.2, 0) is 22.7 Å². The Morgan fingerprint density at radius 1 is 1.48 bits per heavy atom. The van der Waals surface area contributed by atoms with Gasteiger partial charge in [0.2, 0.25) is 0 Å². The lowest BCUT2D eigenvalue weighted by Crippen LogP contribution is -2.39. The van der Waals surface area contributed by atoms with Gasteiger partial charge < -0.3 is 9.84 Å². The summed E-state index contributed by atoms with van der Waals surface area (Å²) in [6.07, 6.45) is 3.30. The van der Waals surface area contributed by atoms with Crippen LogP contribution in [0.5, 0.6) is 0 Å². The van der Waals surface area contributed by atoms with E-state index in [4.69, 9.17) is 4.74 Å². The largest absolute Gasteiger partial charge is 0.481 e. The minimum atomic E-state index is -0.755. The van der Waals surface area contributed by atoms with Gasteiger partial charge in [-0.05, 0) is 55.9 Å². The van der Waals surface area contributed by atoms with Crippen molar-refractivity contribution >= 4 is 5.97 Å². The molecule has 0 saturated heterocycles. The molecule has 0 amide bonds. The molecule has 0 atom stereocenters. The van der Waals surface area contributed by atoms with E-state index in [1.807, 2.05) is 13.8 Å². The fourth-order valence-electron chi connectivity index (χ4n) is 2.73. The average Bonchev–Trinajstić information content (AvgIpc) is 2.86. The molecule has 2 rings (SSSR count). The monoisotopic (exact) mass is 296 g/mol. The number of hydrogen-bond donors (Lipinski definition) is 1. The lowest BCUT2D eigenvalue weighted by atomic mass is 9.71. The molecule has 0 aliphatic heterocycles. The molecule has 0 unspecified atom stereocenters. The topological polar surface area (TPSA) is 90.1 Å². The van der Waals surface area contributed by atoms with Crippen molar-refractivity contribution in [1.29, 1.82) is 0 Å². The number of carbonyl (C=O) groups is 1. The van der Waals surface area contributed by atoms with E-state index in [-0.39, 0.29) is 6.10 Å². The van der Waals surface area contributed by atoms with E-state index in [1.165, 1.54) is 0 Å². The second-order valence-electron chi connectivity index (χ2n) is 6.38. The smallest absolute Gasteiger partial charge is 0.311 e. The molecule has 1 heterocycles. The summed E-state index contributed by atoms with van der Waals surface area (Å²) in [6, 6.07) is 0. The molecule has 1 aromatic rings. The highest BCUT2D eigenvalue weighted by Gasteiger charge is 2.42. The van der Waals surface area contributed by atoms with Crippen molar-refractivity contribution < 1.29 is 14.6 Å². The first-order valence-electron chi connectivity index (χ1n) is 7.53. The Balaban J connectivity index is 2.11. The van der Waals surface area contributed by atoms with Crippen molar-refractivity contribution in [2.45, 2.75) is 65.7 Å². The molecule has 1 aromatic heterocycles. The van der Waals surface area contributed by atoms with Crippen LogP contribution in [-0.4, -0.2) is 37.4 Å². The molecule has 1 aliphatic carbocycles. The molecular weight excluding hydrogens is 272 g/mol. The summed E-state index contributed by atoms with van der Waals surface area (Å²) in [4.78, 5) is 11.8. The molecule has 7 heteroatoms. The first-order valence-corrected chi connectivity index (χ1v) is 7.53. The maximum atomic E-state index is 11.8. The molecule has 0 radical (unpaired) electrons. The lowest BCUT2D eigenvalue weighted by Gasteiger charge is -2.35. The van der Waals surface area contributed by atoms with Gasteiger partial charge in [0, 0.05) is 0 Å². The Bertz CT molecular complexity index is 478. The second kappa shape index (κ2) is 6.51. The number of nitrogens with zero attached hydrogens (tertiary/aromatic N) is 4. The molecular formula is C14H24N4O3. The Morgan fingerprint density at radius 3 is 2.71 bits per heavy atom. The number of aromatic nitrogens is 4. The fraction of sp³-hybridized carbons (Fsp3) is 0.857. The first-order chi connectivity index (χ1) is 9.93. The van der Waals surface area contributed by atoms with E-state index in [0.29, 0.717) is 37.7 Å². The maximum Gasteiger partial charge on any atom is 0.311 e. The van der Waals surface area contributed by atoms with Gasteiger partial charge in [-0.1, -0.05) is 6.92 Å². The summed E-state index contributed by atoms with van der Waals surface area (Å²) in [6.45, 7) is 6.67. The molecule has 0 aromatic carbocycles. The number of ether oxygens (including phenoxy) is 1. The molecule has 1 N–H and O–H groups in total. The van der Waals surface area contributed by atoms with E-state index in [9.17, 15) is 9.90 Å². The van der Waals surface area contributed by atoms with Crippen LogP contribution in [0.2, 0.25) is 0 Å². The van der Waals surface area contributed by atoms with E-state index >= 15 is 0 Å². The summed E-state index contributed by atoms with van der Waals surface area (Å²) in [7, 11) is 0. The molecule has 21 heavy (non-hydrogen) atoms. The highest BCUT2D eigenvalue weighted by Crippen LogP contribution is 2.40. The van der Waals surface area contributed by atoms with Crippen LogP contribution in [0.25, 0.3) is 0 Å². The number of aliphatic carboxylic acids is 1. The van der Waals surface area contributed by atoms with Crippen LogP contribution in [0.3, 0.4) is 0 Å². The first kappa shape index (κ1) is 15.9. The van der Waals surface area contributed by atoms with Crippen molar-refractivity contribution in [3.63, 3.8) is 0 Å². The van der Waals surface area contributed by atoms with Crippen LogP contribution >= 0.6 is 0 Å². The van der Waals surface area contributed by atoms with Gasteiger partial charge in [0.25, 0.3) is 0 Å². The van der Waals surface area contributed by atoms with Crippen molar-refractivity contribution in [1.82, 2.24) is 20.2 Å². The quantitative estimate of drug-likeness (QED) is 0.862. The normalized spacial score (nSPS) is 26.2. The van der Waals surface area contributed by atoms with Crippen LogP contribution in [0.1, 0.15) is 52.3 Å². The van der Waals surface area contributed by atoms with Gasteiger partial charge in [-0.15, -0.1) is 5.10 Å². The predicted molar refractivity (Wildman–Crippen MR) is 75.4 cm³/mol. The van der Waals surface area contributed by atoms with E-state index in [2.05, 4.69) is 22.4 Å². The molecule has 7 nitrogen and oxygen atoms in total. The van der Waals surface area contributed by atoms with Crippen LogP contribution in [0.15, 0.2) is 0 Å². The van der Waals surface area contributed by atoms with E-state index < -0.39 is 11.4 Å². The maximum absolute atomic E-state index is 11.8. The highest BCUT2D eigenvalue weighted by molar-refractivity contribution is 5.74. The van der Waals surface area contributed by atoms with Gasteiger partial charge in [0.05, 0.1) is 18.1 Å². The lowest BCUT2D eigenvalue weighted by molar-refractivity contribution is -0.153. The average molecular weight is 296 g/mol. The minimum absolute atomic E-state index is 0.0825. The zero-order valence-corrected chi connectivity index (χ0v) is 12.9. The third-order valence-electron chi connectivity index (χ3n) is 4.29. The summed E-state index contributed by atoms with van der Waals surface area (Å²) < 4.78 is 7.11. The van der Waals surface area contributed by atoms with E-state index in [1.54, 1.807) is 4.68 Å². The number of rotatable bonds is 6. The van der Waals surface area contributed by atoms with Gasteiger partial charge >= 0.3 is 5.97 Å². The number of hydrogen-bond acceptors (Lipinski definition) is 5. The molecule has 0 bridgehead atoms. The van der Waals surface area contributed by atoms with Crippen LogP contribution in [0, 0.1) is 11.3 Å². The summed E-state index contributed by atoms with van der Waals surface area (Å²) >= 11 is 0. The minimum Gasteiger partial charge on any atom is -0.481 e. The molecule has 0 spiro atoms. The van der Waals surface area contributed by atoms with Gasteiger partial charge in [-0.3, -0.25) is 4.79 Å². The summed E-state index contributed by atoms with van der Waals surface area (Å²) in [5.41, 5.74) is -0.755. The zero-order valence-electron chi connectivity index (χ0n) is 12.9. The van der Waals surface area contributed by atoms with E-state index in [0.717, 1.165) is 12.8 Å². The fourth-order valence-corrected chi connectivity index (χ4v) is 2.73. The number of tetrazole rings is 1. The Kier molecular flexibility index (Phi) is 4.92. The summed E-state index contributed by atoms with van der Waals surface area (Å²) in [5, 5.41) is 21.2. The number of carboxylic acid groups (broad SMARTS) is 1. The van der Waals surface area contributed by atoms with Gasteiger partial charge in [-0.2, -0.15) is 0 Å². The molecule has 1 saturated carbocycles. The van der Waals surface area contributed by atoms with Crippen LogP contribution < -0.4 is 0 Å². The Morgan fingerprint density at radius 2 is 2.14 bits per heavy atom. The zero-order chi connectivity index (χ0) is 15.5. The molecule has 1 fully saturated rings. The van der Waals surface area contributed by atoms with Gasteiger partial charge in [-0.25, -0.2) is 4.68 Å². The highest BCUT2D eigenvalue weighted by atomic mass is 16.5. The third-order valence-corrected chi connectivity index (χ3v) is 4.29. The van der Waals surface area contributed by atoms with Crippen molar-refractivity contribution in [2.24, 2.45) is 11.3 Å². The molecule has 1 aliphatic rings. The van der Waals surface area contributed by atoms with Crippen LogP contribution in [0.4, 0.5) is 0 Å². The summed E-state index contributed by atoms with van der Waals surface area (Å²) in [5.74, 6) is 0.429. The second-order valence-corrected chi connectivity index (χ2v) is 6.38. The van der Waals surface area contributed by atoms with Crippen molar-refractivity contribution in [3.8, 4) is 0 Å². The van der Waals surface area contributed by atoms with Gasteiger partial charge in [0.1, 0.15) is 6.61 Å². The predicted octanol–water partition coefficient (Wildman–Crippen LogP) is 1.88. The Labute approximate surface area is 124 Å². The Hall–Kier alpha value is -1.50. The van der Waals surface area contributed by atoms with Crippen molar-refractivity contribution in [2.75, 3.05) is 0 Å².